The molecule has 1 unspecified atom stereocenters. The largest absolute Gasteiger partial charge is 0.374 e. The zero-order chi connectivity index (χ0) is 12.7. The molecule has 0 aliphatic carbocycles. The Morgan fingerprint density at radius 3 is 2.47 bits per heavy atom. The van der Waals surface area contributed by atoms with Gasteiger partial charge in [-0.25, -0.2) is 0 Å². The Kier molecular flexibility index (Phi) is 4.76. The van der Waals surface area contributed by atoms with Gasteiger partial charge in [-0.3, -0.25) is 0 Å². The van der Waals surface area contributed by atoms with Crippen molar-refractivity contribution in [3.8, 4) is 18.4 Å². The van der Waals surface area contributed by atoms with Crippen molar-refractivity contribution >= 4 is 0 Å². The first kappa shape index (κ1) is 13.3. The van der Waals surface area contributed by atoms with E-state index < -0.39 is 0 Å². The number of rotatable bonds is 5. The van der Waals surface area contributed by atoms with E-state index in [-0.39, 0.29) is 5.60 Å². The molecule has 0 bridgehead atoms. The molecule has 0 saturated carbocycles. The van der Waals surface area contributed by atoms with Crippen molar-refractivity contribution in [1.29, 1.82) is 5.26 Å². The van der Waals surface area contributed by atoms with Gasteiger partial charge in [0.15, 0.2) is 0 Å². The predicted octanol–water partition coefficient (Wildman–Crippen LogP) is 3.22. The van der Waals surface area contributed by atoms with E-state index in [1.54, 1.807) is 7.11 Å². The summed E-state index contributed by atoms with van der Waals surface area (Å²) >= 11 is 0. The van der Waals surface area contributed by atoms with Crippen molar-refractivity contribution in [2.45, 2.75) is 31.8 Å². The molecular formula is C15H17NO. The summed E-state index contributed by atoms with van der Waals surface area (Å²) in [5.74, 6) is 2.64. The Morgan fingerprint density at radius 2 is 2.00 bits per heavy atom. The van der Waals surface area contributed by atoms with Crippen molar-refractivity contribution in [3.63, 3.8) is 0 Å². The van der Waals surface area contributed by atoms with E-state index in [1.807, 2.05) is 31.2 Å². The highest BCUT2D eigenvalue weighted by molar-refractivity contribution is 5.33. The maximum Gasteiger partial charge on any atom is 0.0991 e. The lowest BCUT2D eigenvalue weighted by molar-refractivity contribution is -0.00680. The molecule has 0 N–H and O–H groups in total. The first-order valence-electron chi connectivity index (χ1n) is 5.65. The van der Waals surface area contributed by atoms with Gasteiger partial charge in [0.25, 0.3) is 0 Å². The maximum absolute atomic E-state index is 8.76. The highest BCUT2D eigenvalue weighted by Crippen LogP contribution is 2.30. The lowest BCUT2D eigenvalue weighted by Gasteiger charge is -2.28. The number of ether oxygens (including phenoxy) is 1. The number of hydrogen-bond acceptors (Lipinski definition) is 2. The minimum absolute atomic E-state index is 0.329. The standard InChI is InChI=1S/C15H17NO/c1-4-5-6-11-15(2,17-3)14-9-7-13(12-16)8-10-14/h1,7-10H,5-6,11H2,2-3H3. The van der Waals surface area contributed by atoms with Crippen LogP contribution in [0.1, 0.15) is 37.3 Å². The number of hydrogen-bond donors (Lipinski definition) is 0. The molecular weight excluding hydrogens is 210 g/mol. The molecule has 0 aliphatic rings. The number of benzene rings is 1. The number of nitriles is 1. The molecule has 0 amide bonds. The molecule has 0 radical (unpaired) electrons. The quantitative estimate of drug-likeness (QED) is 0.571. The second-order valence-electron chi connectivity index (χ2n) is 4.18. The summed E-state index contributed by atoms with van der Waals surface area (Å²) < 4.78 is 5.59. The maximum atomic E-state index is 8.76. The summed E-state index contributed by atoms with van der Waals surface area (Å²) in [6.07, 6.45) is 7.81. The van der Waals surface area contributed by atoms with Crippen LogP contribution in [0, 0.1) is 23.7 Å². The fourth-order valence-corrected chi connectivity index (χ4v) is 1.79. The van der Waals surface area contributed by atoms with Crippen LogP contribution < -0.4 is 0 Å². The molecule has 17 heavy (non-hydrogen) atoms. The predicted molar refractivity (Wildman–Crippen MR) is 68.2 cm³/mol. The topological polar surface area (TPSA) is 33.0 Å². The van der Waals surface area contributed by atoms with Gasteiger partial charge in [-0.15, -0.1) is 12.3 Å². The van der Waals surface area contributed by atoms with Gasteiger partial charge in [0.2, 0.25) is 0 Å². The van der Waals surface area contributed by atoms with E-state index in [9.17, 15) is 0 Å². The van der Waals surface area contributed by atoms with E-state index in [4.69, 9.17) is 16.4 Å². The fourth-order valence-electron chi connectivity index (χ4n) is 1.79. The minimum atomic E-state index is -0.329. The summed E-state index contributed by atoms with van der Waals surface area (Å²) in [7, 11) is 1.70. The van der Waals surface area contributed by atoms with Crippen LogP contribution >= 0.6 is 0 Å². The van der Waals surface area contributed by atoms with Crippen LogP contribution in [0.5, 0.6) is 0 Å². The summed E-state index contributed by atoms with van der Waals surface area (Å²) in [6.45, 7) is 2.05. The van der Waals surface area contributed by atoms with E-state index in [0.29, 0.717) is 5.56 Å². The van der Waals surface area contributed by atoms with Gasteiger partial charge in [-0.2, -0.15) is 5.26 Å². The Morgan fingerprint density at radius 1 is 1.35 bits per heavy atom. The average Bonchev–Trinajstić information content (AvgIpc) is 2.39. The first-order chi connectivity index (χ1) is 8.16. The van der Waals surface area contributed by atoms with Crippen LogP contribution in [0.4, 0.5) is 0 Å². The molecule has 1 rings (SSSR count). The first-order valence-corrected chi connectivity index (χ1v) is 5.65. The molecule has 0 spiro atoms. The lowest BCUT2D eigenvalue weighted by atomic mass is 9.89. The van der Waals surface area contributed by atoms with Crippen molar-refractivity contribution in [1.82, 2.24) is 0 Å². The second kappa shape index (κ2) is 6.09. The summed E-state index contributed by atoms with van der Waals surface area (Å²) in [5, 5.41) is 8.76. The van der Waals surface area contributed by atoms with Crippen molar-refractivity contribution in [3.05, 3.63) is 35.4 Å². The number of terminal acetylenes is 1. The smallest absolute Gasteiger partial charge is 0.0991 e. The van der Waals surface area contributed by atoms with Crippen molar-refractivity contribution < 1.29 is 4.74 Å². The van der Waals surface area contributed by atoms with Gasteiger partial charge in [-0.1, -0.05) is 12.1 Å². The van der Waals surface area contributed by atoms with Crippen LogP contribution in [0.3, 0.4) is 0 Å². The van der Waals surface area contributed by atoms with Gasteiger partial charge < -0.3 is 4.74 Å². The van der Waals surface area contributed by atoms with Gasteiger partial charge in [0, 0.05) is 13.5 Å². The van der Waals surface area contributed by atoms with Crippen molar-refractivity contribution in [2.75, 3.05) is 7.11 Å². The average molecular weight is 227 g/mol. The molecule has 2 nitrogen and oxygen atoms in total. The second-order valence-corrected chi connectivity index (χ2v) is 4.18. The molecule has 2 heteroatoms. The molecule has 0 aliphatic heterocycles. The van der Waals surface area contributed by atoms with E-state index in [2.05, 4.69) is 12.0 Å². The van der Waals surface area contributed by atoms with Gasteiger partial charge in [0.1, 0.15) is 0 Å². The van der Waals surface area contributed by atoms with Crippen LogP contribution in [0.2, 0.25) is 0 Å². The van der Waals surface area contributed by atoms with Crippen molar-refractivity contribution in [2.24, 2.45) is 0 Å². The zero-order valence-electron chi connectivity index (χ0n) is 10.4. The van der Waals surface area contributed by atoms with E-state index in [0.717, 1.165) is 24.8 Å². The number of nitrogens with zero attached hydrogens (tertiary/aromatic N) is 1. The summed E-state index contributed by atoms with van der Waals surface area (Å²) in [5.41, 5.74) is 1.41. The monoisotopic (exact) mass is 227 g/mol. The van der Waals surface area contributed by atoms with Gasteiger partial charge in [-0.05, 0) is 37.5 Å². The van der Waals surface area contributed by atoms with Crippen LogP contribution in [0.25, 0.3) is 0 Å². The molecule has 0 heterocycles. The van der Waals surface area contributed by atoms with Crippen LogP contribution in [-0.2, 0) is 10.3 Å². The Labute approximate surface area is 103 Å². The Hall–Kier alpha value is -1.77. The number of unbranched alkanes of at least 4 members (excludes halogenated alkanes) is 1. The van der Waals surface area contributed by atoms with E-state index in [1.165, 1.54) is 0 Å². The third-order valence-electron chi connectivity index (χ3n) is 3.05. The fraction of sp³-hybridized carbons (Fsp3) is 0.400. The highest BCUT2D eigenvalue weighted by atomic mass is 16.5. The minimum Gasteiger partial charge on any atom is -0.374 e. The molecule has 1 aromatic carbocycles. The van der Waals surface area contributed by atoms with Crippen LogP contribution in [-0.4, -0.2) is 7.11 Å². The highest BCUT2D eigenvalue weighted by Gasteiger charge is 2.25. The third-order valence-corrected chi connectivity index (χ3v) is 3.05. The molecule has 0 aromatic heterocycles. The molecule has 0 saturated heterocycles. The van der Waals surface area contributed by atoms with Gasteiger partial charge >= 0.3 is 0 Å². The Bertz CT molecular complexity index is 435. The van der Waals surface area contributed by atoms with Gasteiger partial charge in [0.05, 0.1) is 17.2 Å². The third kappa shape index (κ3) is 3.34. The van der Waals surface area contributed by atoms with E-state index >= 15 is 0 Å². The molecule has 88 valence electrons. The Balaban J connectivity index is 2.84. The van der Waals surface area contributed by atoms with Crippen LogP contribution in [0.15, 0.2) is 24.3 Å². The molecule has 1 atom stereocenters. The zero-order valence-corrected chi connectivity index (χ0v) is 10.4. The molecule has 0 fully saturated rings. The summed E-state index contributed by atoms with van der Waals surface area (Å²) in [4.78, 5) is 0. The number of methoxy groups -OCH3 is 1. The SMILES string of the molecule is C#CCCCC(C)(OC)c1ccc(C#N)cc1. The normalized spacial score (nSPS) is 13.4. The summed E-state index contributed by atoms with van der Waals surface area (Å²) in [6, 6.07) is 9.62. The lowest BCUT2D eigenvalue weighted by Crippen LogP contribution is -2.24. The molecule has 1 aromatic rings.